The van der Waals surface area contributed by atoms with Crippen molar-refractivity contribution in [1.29, 1.82) is 0 Å². The molecule has 2 aromatic carbocycles. The van der Waals surface area contributed by atoms with Gasteiger partial charge in [0, 0.05) is 15.7 Å². The van der Waals surface area contributed by atoms with Crippen LogP contribution < -0.4 is 11.1 Å². The van der Waals surface area contributed by atoms with Crippen LogP contribution in [-0.4, -0.2) is 5.91 Å². The van der Waals surface area contributed by atoms with E-state index in [0.29, 0.717) is 16.9 Å². The summed E-state index contributed by atoms with van der Waals surface area (Å²) in [5.74, 6) is -0.119. The minimum Gasteiger partial charge on any atom is -0.398 e. The Morgan fingerprint density at radius 3 is 2.70 bits per heavy atom. The Morgan fingerprint density at radius 2 is 2.00 bits per heavy atom. The molecule has 0 fully saturated rings. The summed E-state index contributed by atoms with van der Waals surface area (Å²) in [6.45, 7) is 3.96. The van der Waals surface area contributed by atoms with Crippen molar-refractivity contribution in [2.24, 2.45) is 0 Å². The van der Waals surface area contributed by atoms with Gasteiger partial charge in [0.05, 0.1) is 5.69 Å². The number of hydrogen-bond acceptors (Lipinski definition) is 2. The molecule has 0 atom stereocenters. The molecule has 0 aliphatic rings. The number of carbonyl (C=O) groups is 1. The van der Waals surface area contributed by atoms with Crippen LogP contribution in [0.4, 0.5) is 11.4 Å². The molecular weight excluding hydrogens is 316 g/mol. The average Bonchev–Trinajstić information content (AvgIpc) is 2.44. The summed E-state index contributed by atoms with van der Waals surface area (Å²) >= 11 is 3.45. The molecule has 0 aliphatic heterocycles. The van der Waals surface area contributed by atoms with Crippen molar-refractivity contribution >= 4 is 33.2 Å². The monoisotopic (exact) mass is 332 g/mol. The average molecular weight is 333 g/mol. The molecule has 4 heteroatoms. The lowest BCUT2D eigenvalue weighted by Gasteiger charge is -2.12. The van der Waals surface area contributed by atoms with E-state index >= 15 is 0 Å². The molecule has 0 bridgehead atoms. The van der Waals surface area contributed by atoms with Crippen molar-refractivity contribution in [2.45, 2.75) is 20.3 Å². The number of aryl methyl sites for hydroxylation is 2. The summed E-state index contributed by atoms with van der Waals surface area (Å²) < 4.78 is 0.825. The first-order valence-corrected chi connectivity index (χ1v) is 7.27. The van der Waals surface area contributed by atoms with Gasteiger partial charge in [0.2, 0.25) is 0 Å². The molecule has 0 saturated heterocycles. The van der Waals surface area contributed by atoms with Crippen molar-refractivity contribution < 1.29 is 4.79 Å². The van der Waals surface area contributed by atoms with Gasteiger partial charge < -0.3 is 11.1 Å². The second-order valence-electron chi connectivity index (χ2n) is 4.65. The van der Waals surface area contributed by atoms with Crippen LogP contribution in [-0.2, 0) is 6.42 Å². The first kappa shape index (κ1) is 14.6. The van der Waals surface area contributed by atoms with Crippen LogP contribution in [0.2, 0.25) is 0 Å². The van der Waals surface area contributed by atoms with E-state index < -0.39 is 0 Å². The minimum atomic E-state index is -0.119. The second kappa shape index (κ2) is 6.09. The van der Waals surface area contributed by atoms with Gasteiger partial charge in [-0.2, -0.15) is 0 Å². The number of halogens is 1. The highest BCUT2D eigenvalue weighted by atomic mass is 79.9. The van der Waals surface area contributed by atoms with Crippen molar-refractivity contribution in [3.8, 4) is 0 Å². The molecule has 0 heterocycles. The molecule has 0 saturated carbocycles. The number of nitrogens with two attached hydrogens (primary N) is 1. The summed E-state index contributed by atoms with van der Waals surface area (Å²) in [5.41, 5.74) is 9.93. The quantitative estimate of drug-likeness (QED) is 0.829. The summed E-state index contributed by atoms with van der Waals surface area (Å²) in [6.07, 6.45) is 0.820. The molecule has 0 spiro atoms. The van der Waals surface area contributed by atoms with Gasteiger partial charge in [0.15, 0.2) is 0 Å². The van der Waals surface area contributed by atoms with E-state index in [4.69, 9.17) is 5.73 Å². The van der Waals surface area contributed by atoms with E-state index in [9.17, 15) is 4.79 Å². The minimum absolute atomic E-state index is 0.119. The van der Waals surface area contributed by atoms with Crippen molar-refractivity contribution in [3.63, 3.8) is 0 Å². The molecule has 0 aromatic heterocycles. The lowest BCUT2D eigenvalue weighted by Crippen LogP contribution is -2.14. The summed E-state index contributed by atoms with van der Waals surface area (Å²) in [5, 5.41) is 2.90. The zero-order chi connectivity index (χ0) is 14.7. The van der Waals surface area contributed by atoms with Crippen LogP contribution in [0.5, 0.6) is 0 Å². The fraction of sp³-hybridized carbons (Fsp3) is 0.188. The Labute approximate surface area is 127 Å². The van der Waals surface area contributed by atoms with Gasteiger partial charge >= 0.3 is 0 Å². The maximum Gasteiger partial charge on any atom is 0.255 e. The van der Waals surface area contributed by atoms with Crippen LogP contribution in [0.3, 0.4) is 0 Å². The first-order chi connectivity index (χ1) is 9.52. The lowest BCUT2D eigenvalue weighted by molar-refractivity contribution is 0.102. The molecule has 0 unspecified atom stereocenters. The normalized spacial score (nSPS) is 10.3. The highest BCUT2D eigenvalue weighted by molar-refractivity contribution is 9.10. The SMILES string of the molecule is CCc1ccccc1C(=O)Nc1cc(N)c(C)cc1Br. The predicted octanol–water partition coefficient (Wildman–Crippen LogP) is 4.15. The van der Waals surface area contributed by atoms with Gasteiger partial charge in [-0.3, -0.25) is 4.79 Å². The number of anilines is 2. The zero-order valence-electron chi connectivity index (χ0n) is 11.5. The third-order valence-electron chi connectivity index (χ3n) is 3.25. The Hall–Kier alpha value is -1.81. The molecule has 3 N–H and O–H groups in total. The smallest absolute Gasteiger partial charge is 0.255 e. The molecule has 3 nitrogen and oxygen atoms in total. The van der Waals surface area contributed by atoms with Crippen molar-refractivity contribution in [1.82, 2.24) is 0 Å². The van der Waals surface area contributed by atoms with E-state index in [1.807, 2.05) is 44.2 Å². The zero-order valence-corrected chi connectivity index (χ0v) is 13.1. The fourth-order valence-electron chi connectivity index (χ4n) is 2.03. The number of rotatable bonds is 3. The summed E-state index contributed by atoms with van der Waals surface area (Å²) in [7, 11) is 0. The molecule has 1 amide bonds. The van der Waals surface area contributed by atoms with Gasteiger partial charge in [-0.05, 0) is 58.6 Å². The Balaban J connectivity index is 2.30. The number of hydrogen-bond donors (Lipinski definition) is 2. The second-order valence-corrected chi connectivity index (χ2v) is 5.51. The van der Waals surface area contributed by atoms with E-state index in [1.54, 1.807) is 6.07 Å². The molecule has 0 aliphatic carbocycles. The third kappa shape index (κ3) is 3.02. The van der Waals surface area contributed by atoms with Crippen LogP contribution in [0, 0.1) is 6.92 Å². The maximum atomic E-state index is 12.4. The fourth-order valence-corrected chi connectivity index (χ4v) is 2.58. The molecular formula is C16H17BrN2O. The van der Waals surface area contributed by atoms with Crippen LogP contribution in [0.15, 0.2) is 40.9 Å². The van der Waals surface area contributed by atoms with Crippen molar-refractivity contribution in [3.05, 3.63) is 57.6 Å². The lowest BCUT2D eigenvalue weighted by atomic mass is 10.0. The highest BCUT2D eigenvalue weighted by Gasteiger charge is 2.12. The Bertz CT molecular complexity index is 653. The number of carbonyl (C=O) groups excluding carboxylic acids is 1. The van der Waals surface area contributed by atoms with E-state index in [2.05, 4.69) is 21.2 Å². The molecule has 2 aromatic rings. The number of benzene rings is 2. The number of nitrogens with one attached hydrogen (secondary N) is 1. The number of nitrogen functional groups attached to an aromatic ring is 1. The first-order valence-electron chi connectivity index (χ1n) is 6.47. The molecule has 104 valence electrons. The van der Waals surface area contributed by atoms with Crippen LogP contribution in [0.1, 0.15) is 28.4 Å². The number of amides is 1. The third-order valence-corrected chi connectivity index (χ3v) is 3.90. The van der Waals surface area contributed by atoms with Gasteiger partial charge in [0.1, 0.15) is 0 Å². The van der Waals surface area contributed by atoms with Gasteiger partial charge in [-0.15, -0.1) is 0 Å². The summed E-state index contributed by atoms with van der Waals surface area (Å²) in [6, 6.07) is 11.3. The van der Waals surface area contributed by atoms with Crippen LogP contribution >= 0.6 is 15.9 Å². The van der Waals surface area contributed by atoms with Gasteiger partial charge in [-0.1, -0.05) is 25.1 Å². The predicted molar refractivity (Wildman–Crippen MR) is 87.1 cm³/mol. The van der Waals surface area contributed by atoms with Crippen molar-refractivity contribution in [2.75, 3.05) is 11.1 Å². The topological polar surface area (TPSA) is 55.1 Å². The molecule has 2 rings (SSSR count). The standard InChI is InChI=1S/C16H17BrN2O/c1-3-11-6-4-5-7-12(11)16(20)19-15-9-14(18)10(2)8-13(15)17/h4-9H,3,18H2,1-2H3,(H,19,20). The van der Waals surface area contributed by atoms with Crippen LogP contribution in [0.25, 0.3) is 0 Å². The van der Waals surface area contributed by atoms with E-state index in [-0.39, 0.29) is 5.91 Å². The van der Waals surface area contributed by atoms with Gasteiger partial charge in [0.25, 0.3) is 5.91 Å². The molecule has 20 heavy (non-hydrogen) atoms. The Kier molecular flexibility index (Phi) is 4.45. The summed E-state index contributed by atoms with van der Waals surface area (Å²) in [4.78, 5) is 12.4. The molecule has 0 radical (unpaired) electrons. The Morgan fingerprint density at radius 1 is 1.30 bits per heavy atom. The maximum absolute atomic E-state index is 12.4. The van der Waals surface area contributed by atoms with Gasteiger partial charge in [-0.25, -0.2) is 0 Å². The highest BCUT2D eigenvalue weighted by Crippen LogP contribution is 2.28. The van der Waals surface area contributed by atoms with E-state index in [0.717, 1.165) is 22.0 Å². The van der Waals surface area contributed by atoms with E-state index in [1.165, 1.54) is 0 Å². The largest absolute Gasteiger partial charge is 0.398 e.